The minimum absolute atomic E-state index is 0.781. The molecule has 0 aliphatic carbocycles. The van der Waals surface area contributed by atoms with Crippen LogP contribution < -0.4 is 10.0 Å². The van der Waals surface area contributed by atoms with Crippen molar-refractivity contribution in [1.29, 1.82) is 0 Å². The van der Waals surface area contributed by atoms with Gasteiger partial charge in [0.15, 0.2) is 0 Å². The molecule has 0 saturated carbocycles. The normalized spacial score (nSPS) is 13.4. The highest BCUT2D eigenvalue weighted by atomic mass is 32.2. The second-order valence-corrected chi connectivity index (χ2v) is 3.30. The molecule has 0 aliphatic heterocycles. The number of nitrogens with one attached hydrogen (secondary N) is 2. The summed E-state index contributed by atoms with van der Waals surface area (Å²) in [5, 5.41) is 3.19. The largest absolute Gasteiger partial charge is 0.315 e. The second-order valence-electron chi connectivity index (χ2n) is 2.10. The Morgan fingerprint density at radius 1 is 1.30 bits per heavy atom. The van der Waals surface area contributed by atoms with Crippen molar-refractivity contribution in [3.8, 4) is 0 Å². The van der Waals surface area contributed by atoms with Crippen molar-refractivity contribution in [2.75, 3.05) is 25.9 Å². The molecule has 62 valence electrons. The van der Waals surface area contributed by atoms with E-state index in [1.165, 1.54) is 0 Å². The van der Waals surface area contributed by atoms with Gasteiger partial charge in [-0.15, -0.1) is 0 Å². The molecule has 1 atom stereocenters. The van der Waals surface area contributed by atoms with Crippen LogP contribution in [0.3, 0.4) is 0 Å². The summed E-state index contributed by atoms with van der Waals surface area (Å²) in [6, 6.07) is 0. The molecule has 0 saturated heterocycles. The number of rotatable bonds is 6. The molecule has 0 spiro atoms. The highest BCUT2D eigenvalue weighted by Gasteiger charge is 1.87. The van der Waals surface area contributed by atoms with Gasteiger partial charge >= 0.3 is 0 Å². The Balaban J connectivity index is 2.84. The first-order valence-electron chi connectivity index (χ1n) is 3.55. The summed E-state index contributed by atoms with van der Waals surface area (Å²) in [4.78, 5) is 0. The van der Waals surface area contributed by atoms with Gasteiger partial charge in [0.1, 0.15) is 0 Å². The molecule has 0 aliphatic rings. The zero-order valence-electron chi connectivity index (χ0n) is 6.64. The van der Waals surface area contributed by atoms with Crippen LogP contribution in [0.25, 0.3) is 0 Å². The van der Waals surface area contributed by atoms with E-state index in [4.69, 9.17) is 0 Å². The molecular formula is C6H16N2OS. The molecule has 2 N–H and O–H groups in total. The quantitative estimate of drug-likeness (QED) is 0.537. The van der Waals surface area contributed by atoms with E-state index in [0.717, 1.165) is 26.1 Å². The summed E-state index contributed by atoms with van der Waals surface area (Å²) in [5.74, 6) is 0. The molecule has 3 nitrogen and oxygen atoms in total. The highest BCUT2D eigenvalue weighted by Crippen LogP contribution is 1.68. The molecule has 0 rings (SSSR count). The fourth-order valence-electron chi connectivity index (χ4n) is 0.585. The predicted molar refractivity (Wildman–Crippen MR) is 45.2 cm³/mol. The Morgan fingerprint density at radius 2 is 2.00 bits per heavy atom. The van der Waals surface area contributed by atoms with E-state index < -0.39 is 11.0 Å². The molecule has 4 heteroatoms. The molecular weight excluding hydrogens is 148 g/mol. The van der Waals surface area contributed by atoms with Crippen molar-refractivity contribution >= 4 is 11.0 Å². The van der Waals surface area contributed by atoms with Gasteiger partial charge in [-0.25, -0.2) is 8.93 Å². The van der Waals surface area contributed by atoms with Crippen molar-refractivity contribution in [2.24, 2.45) is 0 Å². The predicted octanol–water partition coefficient (Wildman–Crippen LogP) is -0.131. The van der Waals surface area contributed by atoms with Crippen LogP contribution in [0.5, 0.6) is 0 Å². The van der Waals surface area contributed by atoms with Gasteiger partial charge in [0, 0.05) is 19.3 Å². The lowest BCUT2D eigenvalue weighted by Gasteiger charge is -2.01. The van der Waals surface area contributed by atoms with E-state index in [1.54, 1.807) is 6.26 Å². The summed E-state index contributed by atoms with van der Waals surface area (Å²) in [7, 11) is -0.861. The summed E-state index contributed by atoms with van der Waals surface area (Å²) in [6.45, 7) is 4.84. The molecule has 0 amide bonds. The fraction of sp³-hybridized carbons (Fsp3) is 1.00. The molecule has 0 fully saturated rings. The lowest BCUT2D eigenvalue weighted by Crippen LogP contribution is -2.28. The number of hydrogen-bond acceptors (Lipinski definition) is 2. The standard InChI is InChI=1S/C6H16N2OS/c1-3-4-7-5-6-8-10(2)9/h7-8H,3-6H2,1-2H3. The third-order valence-electron chi connectivity index (χ3n) is 1.03. The van der Waals surface area contributed by atoms with E-state index >= 15 is 0 Å². The third kappa shape index (κ3) is 8.07. The maximum Gasteiger partial charge on any atom is 0.0883 e. The van der Waals surface area contributed by atoms with Crippen molar-refractivity contribution in [3.63, 3.8) is 0 Å². The van der Waals surface area contributed by atoms with Crippen molar-refractivity contribution in [1.82, 2.24) is 10.0 Å². The molecule has 0 aromatic carbocycles. The van der Waals surface area contributed by atoms with Crippen molar-refractivity contribution in [2.45, 2.75) is 13.3 Å². The van der Waals surface area contributed by atoms with Crippen LogP contribution >= 0.6 is 0 Å². The van der Waals surface area contributed by atoms with E-state index in [-0.39, 0.29) is 0 Å². The van der Waals surface area contributed by atoms with E-state index in [2.05, 4.69) is 17.0 Å². The SMILES string of the molecule is CCCNCCNS(C)=O. The first-order valence-corrected chi connectivity index (χ1v) is 5.10. The van der Waals surface area contributed by atoms with E-state index in [9.17, 15) is 4.21 Å². The van der Waals surface area contributed by atoms with Gasteiger partial charge in [-0.2, -0.15) is 0 Å². The summed E-state index contributed by atoms with van der Waals surface area (Å²) in [6.07, 6.45) is 2.79. The summed E-state index contributed by atoms with van der Waals surface area (Å²) in [5.41, 5.74) is 0. The Labute approximate surface area is 65.2 Å². The van der Waals surface area contributed by atoms with Gasteiger partial charge in [0.05, 0.1) is 11.0 Å². The lowest BCUT2D eigenvalue weighted by molar-refractivity contribution is 0.648. The third-order valence-corrected chi connectivity index (χ3v) is 1.64. The lowest BCUT2D eigenvalue weighted by atomic mass is 10.5. The van der Waals surface area contributed by atoms with Crippen molar-refractivity contribution in [3.05, 3.63) is 0 Å². The molecule has 0 aromatic rings. The first-order chi connectivity index (χ1) is 4.77. The summed E-state index contributed by atoms with van der Waals surface area (Å²) >= 11 is 0. The number of hydrogen-bond donors (Lipinski definition) is 2. The van der Waals surface area contributed by atoms with Gasteiger partial charge in [0.2, 0.25) is 0 Å². The Hall–Kier alpha value is 0.0700. The van der Waals surface area contributed by atoms with E-state index in [0.29, 0.717) is 0 Å². The minimum Gasteiger partial charge on any atom is -0.315 e. The van der Waals surface area contributed by atoms with Gasteiger partial charge in [-0.3, -0.25) is 0 Å². The van der Waals surface area contributed by atoms with Gasteiger partial charge in [0.25, 0.3) is 0 Å². The van der Waals surface area contributed by atoms with E-state index in [1.807, 2.05) is 0 Å². The van der Waals surface area contributed by atoms with Gasteiger partial charge < -0.3 is 5.32 Å². The summed E-state index contributed by atoms with van der Waals surface area (Å²) < 4.78 is 13.3. The molecule has 1 unspecified atom stereocenters. The Kier molecular flexibility index (Phi) is 7.23. The zero-order chi connectivity index (χ0) is 7.82. The maximum atomic E-state index is 10.4. The average molecular weight is 164 g/mol. The smallest absolute Gasteiger partial charge is 0.0883 e. The van der Waals surface area contributed by atoms with Crippen LogP contribution in [-0.2, 0) is 11.0 Å². The van der Waals surface area contributed by atoms with Crippen LogP contribution in [0.2, 0.25) is 0 Å². The highest BCUT2D eigenvalue weighted by molar-refractivity contribution is 7.82. The topological polar surface area (TPSA) is 41.1 Å². The van der Waals surface area contributed by atoms with Crippen LogP contribution in [0.15, 0.2) is 0 Å². The first kappa shape index (κ1) is 10.1. The van der Waals surface area contributed by atoms with Crippen LogP contribution in [-0.4, -0.2) is 30.1 Å². The molecule has 10 heavy (non-hydrogen) atoms. The molecule has 0 heterocycles. The molecule has 0 aromatic heterocycles. The minimum atomic E-state index is -0.861. The van der Waals surface area contributed by atoms with Gasteiger partial charge in [-0.05, 0) is 13.0 Å². The molecule has 0 bridgehead atoms. The Bertz CT molecular complexity index is 97.7. The zero-order valence-corrected chi connectivity index (χ0v) is 7.46. The second kappa shape index (κ2) is 7.18. The van der Waals surface area contributed by atoms with Crippen LogP contribution in [0.1, 0.15) is 13.3 Å². The molecule has 0 radical (unpaired) electrons. The van der Waals surface area contributed by atoms with Crippen LogP contribution in [0.4, 0.5) is 0 Å². The maximum absolute atomic E-state index is 10.4. The fourth-order valence-corrected chi connectivity index (χ4v) is 0.974. The average Bonchev–Trinajstić information content (AvgIpc) is 1.87. The van der Waals surface area contributed by atoms with Crippen LogP contribution in [0, 0.1) is 0 Å². The Morgan fingerprint density at radius 3 is 2.50 bits per heavy atom. The van der Waals surface area contributed by atoms with Gasteiger partial charge in [-0.1, -0.05) is 6.92 Å². The monoisotopic (exact) mass is 164 g/mol. The van der Waals surface area contributed by atoms with Crippen molar-refractivity contribution < 1.29 is 4.21 Å².